The highest BCUT2D eigenvalue weighted by Crippen LogP contribution is 2.30. The Kier molecular flexibility index (Phi) is 3.80. The highest BCUT2D eigenvalue weighted by molar-refractivity contribution is 8.00. The van der Waals surface area contributed by atoms with Crippen LogP contribution in [0.5, 0.6) is 0 Å². The van der Waals surface area contributed by atoms with Crippen LogP contribution in [0.1, 0.15) is 30.1 Å². The first kappa shape index (κ1) is 13.0. The average Bonchev–Trinajstić information content (AvgIpc) is 3.01. The van der Waals surface area contributed by atoms with Gasteiger partial charge in [-0.2, -0.15) is 11.8 Å². The van der Waals surface area contributed by atoms with Crippen LogP contribution in [0.3, 0.4) is 0 Å². The van der Waals surface area contributed by atoms with Gasteiger partial charge in [0.2, 0.25) is 5.91 Å². The second-order valence-corrected chi connectivity index (χ2v) is 6.79. The third-order valence-corrected chi connectivity index (χ3v) is 5.24. The minimum atomic E-state index is 0.0635. The van der Waals surface area contributed by atoms with Crippen molar-refractivity contribution in [2.24, 2.45) is 0 Å². The molecule has 0 aliphatic carbocycles. The topological polar surface area (TPSA) is 32.3 Å². The van der Waals surface area contributed by atoms with E-state index in [1.54, 1.807) is 0 Å². The van der Waals surface area contributed by atoms with E-state index in [1.807, 2.05) is 16.7 Å². The summed E-state index contributed by atoms with van der Waals surface area (Å²) in [5, 5.41) is 3.96. The van der Waals surface area contributed by atoms with Gasteiger partial charge in [0, 0.05) is 11.8 Å². The van der Waals surface area contributed by atoms with Gasteiger partial charge in [-0.1, -0.05) is 29.8 Å². The van der Waals surface area contributed by atoms with Gasteiger partial charge in [0.15, 0.2) is 0 Å². The molecule has 2 aliphatic heterocycles. The van der Waals surface area contributed by atoms with Gasteiger partial charge in [0.05, 0.1) is 6.54 Å². The van der Waals surface area contributed by atoms with Gasteiger partial charge in [-0.05, 0) is 31.1 Å². The van der Waals surface area contributed by atoms with Crippen molar-refractivity contribution in [1.82, 2.24) is 10.2 Å². The molecular weight excluding hydrogens is 256 g/mol. The van der Waals surface area contributed by atoms with Gasteiger partial charge in [-0.3, -0.25) is 10.1 Å². The maximum atomic E-state index is 12.1. The van der Waals surface area contributed by atoms with Crippen molar-refractivity contribution in [3.05, 3.63) is 35.4 Å². The van der Waals surface area contributed by atoms with Crippen molar-refractivity contribution in [1.29, 1.82) is 0 Å². The predicted octanol–water partition coefficient (Wildman–Crippen LogP) is 2.32. The van der Waals surface area contributed by atoms with Crippen LogP contribution in [0.4, 0.5) is 0 Å². The lowest BCUT2D eigenvalue weighted by Gasteiger charge is -2.27. The van der Waals surface area contributed by atoms with E-state index in [0.29, 0.717) is 11.8 Å². The monoisotopic (exact) mass is 276 g/mol. The molecule has 0 radical (unpaired) electrons. The molecular formula is C15H20N2OS. The number of carbonyl (C=O) groups is 1. The zero-order valence-electron chi connectivity index (χ0n) is 11.3. The van der Waals surface area contributed by atoms with Crippen molar-refractivity contribution in [3.63, 3.8) is 0 Å². The zero-order chi connectivity index (χ0) is 13.2. The summed E-state index contributed by atoms with van der Waals surface area (Å²) in [6.07, 6.45) is 2.60. The summed E-state index contributed by atoms with van der Waals surface area (Å²) in [4.78, 5) is 14.1. The van der Waals surface area contributed by atoms with E-state index in [-0.39, 0.29) is 12.1 Å². The van der Waals surface area contributed by atoms with Crippen molar-refractivity contribution in [2.75, 3.05) is 18.8 Å². The molecule has 0 saturated carbocycles. The summed E-state index contributed by atoms with van der Waals surface area (Å²) in [6.45, 7) is 3.45. The van der Waals surface area contributed by atoms with Crippen LogP contribution in [0.25, 0.3) is 0 Å². The molecule has 1 N–H and O–H groups in total. The molecule has 1 amide bonds. The summed E-state index contributed by atoms with van der Waals surface area (Å²) in [6, 6.07) is 8.44. The third-order valence-electron chi connectivity index (χ3n) is 3.86. The molecule has 3 rings (SSSR count). The number of nitrogens with zero attached hydrogens (tertiary/aromatic N) is 1. The Balaban J connectivity index is 1.77. The van der Waals surface area contributed by atoms with Crippen LogP contribution in [0.2, 0.25) is 0 Å². The summed E-state index contributed by atoms with van der Waals surface area (Å²) in [7, 11) is 0. The molecule has 0 bridgehead atoms. The Labute approximate surface area is 118 Å². The van der Waals surface area contributed by atoms with Crippen LogP contribution >= 0.6 is 11.8 Å². The number of thioether (sulfide) groups is 1. The van der Waals surface area contributed by atoms with Gasteiger partial charge >= 0.3 is 0 Å². The summed E-state index contributed by atoms with van der Waals surface area (Å²) >= 11 is 2.01. The Morgan fingerprint density at radius 2 is 2.37 bits per heavy atom. The van der Waals surface area contributed by atoms with Gasteiger partial charge in [-0.25, -0.2) is 0 Å². The number of amides is 1. The van der Waals surface area contributed by atoms with Gasteiger partial charge in [-0.15, -0.1) is 0 Å². The number of benzene rings is 1. The average molecular weight is 276 g/mol. The van der Waals surface area contributed by atoms with Gasteiger partial charge < -0.3 is 4.90 Å². The van der Waals surface area contributed by atoms with E-state index in [2.05, 4.69) is 36.5 Å². The molecule has 2 heterocycles. The van der Waals surface area contributed by atoms with E-state index in [4.69, 9.17) is 0 Å². The predicted molar refractivity (Wildman–Crippen MR) is 79.1 cm³/mol. The lowest BCUT2D eigenvalue weighted by molar-refractivity contribution is -0.128. The van der Waals surface area contributed by atoms with E-state index in [0.717, 1.165) is 6.54 Å². The maximum Gasteiger partial charge on any atom is 0.238 e. The lowest BCUT2D eigenvalue weighted by atomic mass is 10.1. The van der Waals surface area contributed by atoms with Crippen LogP contribution < -0.4 is 5.32 Å². The number of hydrogen-bond donors (Lipinski definition) is 1. The quantitative estimate of drug-likeness (QED) is 0.919. The van der Waals surface area contributed by atoms with Gasteiger partial charge in [0.1, 0.15) is 6.17 Å². The molecule has 3 nitrogen and oxygen atoms in total. The molecule has 2 fully saturated rings. The first-order chi connectivity index (χ1) is 9.24. The number of nitrogens with one attached hydrogen (secondary N) is 1. The van der Waals surface area contributed by atoms with Crippen molar-refractivity contribution in [2.45, 2.75) is 31.2 Å². The normalized spacial score (nSPS) is 27.2. The molecule has 2 unspecified atom stereocenters. The largest absolute Gasteiger partial charge is 0.321 e. The molecule has 1 aromatic carbocycles. The number of hydrogen-bond acceptors (Lipinski definition) is 3. The fourth-order valence-corrected chi connectivity index (χ4v) is 4.16. The van der Waals surface area contributed by atoms with E-state index < -0.39 is 0 Å². The second-order valence-electron chi connectivity index (χ2n) is 5.38. The number of carbonyl (C=O) groups excluding carboxylic acids is 1. The Bertz CT molecular complexity index is 471. The number of aryl methyl sites for hydroxylation is 1. The summed E-state index contributed by atoms with van der Waals surface area (Å²) in [5.41, 5.74) is 2.45. The Hall–Kier alpha value is -1.00. The maximum absolute atomic E-state index is 12.1. The van der Waals surface area contributed by atoms with Crippen molar-refractivity contribution < 1.29 is 4.79 Å². The van der Waals surface area contributed by atoms with Crippen LogP contribution in [-0.4, -0.2) is 34.9 Å². The smallest absolute Gasteiger partial charge is 0.238 e. The zero-order valence-corrected chi connectivity index (χ0v) is 12.1. The van der Waals surface area contributed by atoms with E-state index >= 15 is 0 Å². The fraction of sp³-hybridized carbons (Fsp3) is 0.533. The molecule has 0 spiro atoms. The van der Waals surface area contributed by atoms with Crippen LogP contribution in [0.15, 0.2) is 24.3 Å². The lowest BCUT2D eigenvalue weighted by Crippen LogP contribution is -2.35. The first-order valence-corrected chi connectivity index (χ1v) is 8.00. The minimum absolute atomic E-state index is 0.0635. The molecule has 4 heteroatoms. The van der Waals surface area contributed by atoms with Crippen molar-refractivity contribution >= 4 is 17.7 Å². The van der Waals surface area contributed by atoms with E-state index in [1.165, 1.54) is 29.7 Å². The SMILES string of the molecule is Cc1cccc(C2NCC(=O)N2CC2CCCS2)c1. The minimum Gasteiger partial charge on any atom is -0.321 e. The second kappa shape index (κ2) is 5.55. The number of rotatable bonds is 3. The molecule has 19 heavy (non-hydrogen) atoms. The molecule has 2 aliphatic rings. The van der Waals surface area contributed by atoms with E-state index in [9.17, 15) is 4.79 Å². The summed E-state index contributed by atoms with van der Waals surface area (Å²) < 4.78 is 0. The highest BCUT2D eigenvalue weighted by Gasteiger charge is 2.33. The van der Waals surface area contributed by atoms with Gasteiger partial charge in [0.25, 0.3) is 0 Å². The third kappa shape index (κ3) is 2.79. The molecule has 2 atom stereocenters. The standard InChI is InChI=1S/C15H20N2OS/c1-11-4-2-5-12(8-11)15-16-9-14(18)17(15)10-13-6-3-7-19-13/h2,4-5,8,13,15-16H,3,6-7,9-10H2,1H3. The highest BCUT2D eigenvalue weighted by atomic mass is 32.2. The Morgan fingerprint density at radius 3 is 3.11 bits per heavy atom. The molecule has 102 valence electrons. The molecule has 1 aromatic rings. The van der Waals surface area contributed by atoms with Crippen LogP contribution in [-0.2, 0) is 4.79 Å². The molecule has 0 aromatic heterocycles. The fourth-order valence-electron chi connectivity index (χ4n) is 2.89. The van der Waals surface area contributed by atoms with Crippen molar-refractivity contribution in [3.8, 4) is 0 Å². The Morgan fingerprint density at radius 1 is 1.47 bits per heavy atom. The van der Waals surface area contributed by atoms with Crippen LogP contribution in [0, 0.1) is 6.92 Å². The summed E-state index contributed by atoms with van der Waals surface area (Å²) in [5.74, 6) is 1.48. The first-order valence-electron chi connectivity index (χ1n) is 6.95. The molecule has 2 saturated heterocycles.